The SMILES string of the molecule is CCOc1ccccc1NC(=O)Cc1ccc(CC)cc1. The minimum atomic E-state index is -0.0357. The number of hydrogen-bond donors (Lipinski definition) is 1. The topological polar surface area (TPSA) is 38.3 Å². The fraction of sp³-hybridized carbons (Fsp3) is 0.278. The number of anilines is 1. The number of para-hydroxylation sites is 2. The molecule has 0 saturated heterocycles. The number of rotatable bonds is 6. The number of ether oxygens (including phenoxy) is 1. The Morgan fingerprint density at radius 2 is 1.67 bits per heavy atom. The Labute approximate surface area is 126 Å². The number of amides is 1. The largest absolute Gasteiger partial charge is 0.492 e. The number of carbonyl (C=O) groups is 1. The summed E-state index contributed by atoms with van der Waals surface area (Å²) in [5.74, 6) is 0.668. The Kier molecular flexibility index (Phi) is 5.38. The second kappa shape index (κ2) is 7.48. The highest BCUT2D eigenvalue weighted by atomic mass is 16.5. The van der Waals surface area contributed by atoms with Crippen LogP contribution in [0.2, 0.25) is 0 Å². The van der Waals surface area contributed by atoms with E-state index in [1.807, 2.05) is 43.3 Å². The van der Waals surface area contributed by atoms with Gasteiger partial charge >= 0.3 is 0 Å². The summed E-state index contributed by atoms with van der Waals surface area (Å²) < 4.78 is 5.50. The first-order valence-corrected chi connectivity index (χ1v) is 7.32. The van der Waals surface area contributed by atoms with Crippen LogP contribution in [-0.2, 0) is 17.6 Å². The van der Waals surface area contributed by atoms with E-state index in [2.05, 4.69) is 24.4 Å². The van der Waals surface area contributed by atoms with Gasteiger partial charge in [-0.15, -0.1) is 0 Å². The molecule has 1 amide bonds. The van der Waals surface area contributed by atoms with Crippen molar-refractivity contribution >= 4 is 11.6 Å². The summed E-state index contributed by atoms with van der Waals surface area (Å²) in [6.45, 7) is 4.62. The van der Waals surface area contributed by atoms with Gasteiger partial charge in [-0.3, -0.25) is 4.79 Å². The molecular weight excluding hydrogens is 262 g/mol. The third-order valence-electron chi connectivity index (χ3n) is 3.26. The molecule has 0 unspecified atom stereocenters. The zero-order chi connectivity index (χ0) is 15.1. The van der Waals surface area contributed by atoms with E-state index in [9.17, 15) is 4.79 Å². The summed E-state index contributed by atoms with van der Waals surface area (Å²) in [5.41, 5.74) is 3.01. The summed E-state index contributed by atoms with van der Waals surface area (Å²) in [6.07, 6.45) is 1.37. The summed E-state index contributed by atoms with van der Waals surface area (Å²) in [7, 11) is 0. The van der Waals surface area contributed by atoms with Gasteiger partial charge < -0.3 is 10.1 Å². The lowest BCUT2D eigenvalue weighted by atomic mass is 10.1. The van der Waals surface area contributed by atoms with Crippen molar-refractivity contribution in [3.05, 3.63) is 59.7 Å². The molecular formula is C18H21NO2. The molecule has 3 nitrogen and oxygen atoms in total. The molecule has 1 N–H and O–H groups in total. The highest BCUT2D eigenvalue weighted by Gasteiger charge is 2.08. The second-order valence-corrected chi connectivity index (χ2v) is 4.82. The molecule has 2 aromatic carbocycles. The van der Waals surface area contributed by atoms with Crippen LogP contribution in [0.4, 0.5) is 5.69 Å². The molecule has 0 spiro atoms. The molecule has 110 valence electrons. The number of hydrogen-bond acceptors (Lipinski definition) is 2. The standard InChI is InChI=1S/C18H21NO2/c1-3-14-9-11-15(12-10-14)13-18(20)19-16-7-5-6-8-17(16)21-4-2/h5-12H,3-4,13H2,1-2H3,(H,19,20). The van der Waals surface area contributed by atoms with Crippen LogP contribution in [0, 0.1) is 0 Å². The van der Waals surface area contributed by atoms with E-state index in [1.165, 1.54) is 5.56 Å². The smallest absolute Gasteiger partial charge is 0.228 e. The van der Waals surface area contributed by atoms with Crippen LogP contribution < -0.4 is 10.1 Å². The maximum absolute atomic E-state index is 12.1. The first-order chi connectivity index (χ1) is 10.2. The van der Waals surface area contributed by atoms with Crippen LogP contribution in [0.3, 0.4) is 0 Å². The molecule has 0 fully saturated rings. The third kappa shape index (κ3) is 4.35. The van der Waals surface area contributed by atoms with Crippen molar-refractivity contribution in [3.8, 4) is 5.75 Å². The molecule has 0 bridgehead atoms. The number of nitrogens with one attached hydrogen (secondary N) is 1. The lowest BCUT2D eigenvalue weighted by Gasteiger charge is -2.11. The summed E-state index contributed by atoms with van der Waals surface area (Å²) >= 11 is 0. The van der Waals surface area contributed by atoms with Crippen molar-refractivity contribution in [2.24, 2.45) is 0 Å². The molecule has 0 saturated carbocycles. The van der Waals surface area contributed by atoms with Crippen LogP contribution in [0.1, 0.15) is 25.0 Å². The fourth-order valence-corrected chi connectivity index (χ4v) is 2.12. The zero-order valence-electron chi connectivity index (χ0n) is 12.6. The van der Waals surface area contributed by atoms with Crippen molar-refractivity contribution in [1.82, 2.24) is 0 Å². The molecule has 0 radical (unpaired) electrons. The average molecular weight is 283 g/mol. The molecule has 0 aliphatic rings. The van der Waals surface area contributed by atoms with Crippen LogP contribution in [-0.4, -0.2) is 12.5 Å². The van der Waals surface area contributed by atoms with Gasteiger partial charge in [0.25, 0.3) is 0 Å². The Morgan fingerprint density at radius 3 is 2.33 bits per heavy atom. The van der Waals surface area contributed by atoms with E-state index in [4.69, 9.17) is 4.74 Å². The minimum absolute atomic E-state index is 0.0357. The molecule has 0 heterocycles. The normalized spacial score (nSPS) is 10.2. The van der Waals surface area contributed by atoms with Gasteiger partial charge in [-0.1, -0.05) is 43.3 Å². The number of benzene rings is 2. The summed E-state index contributed by atoms with van der Waals surface area (Å²) in [4.78, 5) is 12.1. The van der Waals surface area contributed by atoms with Crippen LogP contribution in [0.15, 0.2) is 48.5 Å². The van der Waals surface area contributed by atoms with E-state index in [0.717, 1.165) is 17.7 Å². The van der Waals surface area contributed by atoms with Gasteiger partial charge in [-0.25, -0.2) is 0 Å². The van der Waals surface area contributed by atoms with Crippen molar-refractivity contribution in [1.29, 1.82) is 0 Å². The zero-order valence-corrected chi connectivity index (χ0v) is 12.6. The summed E-state index contributed by atoms with van der Waals surface area (Å²) in [6, 6.07) is 15.6. The third-order valence-corrected chi connectivity index (χ3v) is 3.26. The molecule has 0 aliphatic carbocycles. The van der Waals surface area contributed by atoms with Crippen molar-refractivity contribution in [2.45, 2.75) is 26.7 Å². The maximum atomic E-state index is 12.1. The van der Waals surface area contributed by atoms with Gasteiger partial charge in [-0.05, 0) is 36.6 Å². The molecule has 2 rings (SSSR count). The first-order valence-electron chi connectivity index (χ1n) is 7.32. The first kappa shape index (κ1) is 15.1. The number of aryl methyl sites for hydroxylation is 1. The van der Waals surface area contributed by atoms with E-state index >= 15 is 0 Å². The second-order valence-electron chi connectivity index (χ2n) is 4.82. The van der Waals surface area contributed by atoms with Crippen molar-refractivity contribution < 1.29 is 9.53 Å². The van der Waals surface area contributed by atoms with E-state index < -0.39 is 0 Å². The lowest BCUT2D eigenvalue weighted by Crippen LogP contribution is -2.15. The monoisotopic (exact) mass is 283 g/mol. The van der Waals surface area contributed by atoms with E-state index in [-0.39, 0.29) is 5.91 Å². The van der Waals surface area contributed by atoms with E-state index in [1.54, 1.807) is 0 Å². The lowest BCUT2D eigenvalue weighted by molar-refractivity contribution is -0.115. The van der Waals surface area contributed by atoms with Gasteiger partial charge in [0.05, 0.1) is 18.7 Å². The average Bonchev–Trinajstić information content (AvgIpc) is 2.50. The summed E-state index contributed by atoms with van der Waals surface area (Å²) in [5, 5.41) is 2.91. The quantitative estimate of drug-likeness (QED) is 0.875. The molecule has 21 heavy (non-hydrogen) atoms. The number of carbonyl (C=O) groups excluding carboxylic acids is 1. The van der Waals surface area contributed by atoms with Crippen molar-refractivity contribution in [3.63, 3.8) is 0 Å². The Morgan fingerprint density at radius 1 is 1.00 bits per heavy atom. The van der Waals surface area contributed by atoms with Gasteiger partial charge in [-0.2, -0.15) is 0 Å². The molecule has 0 atom stereocenters. The minimum Gasteiger partial charge on any atom is -0.492 e. The highest BCUT2D eigenvalue weighted by Crippen LogP contribution is 2.23. The highest BCUT2D eigenvalue weighted by molar-refractivity contribution is 5.93. The molecule has 0 aliphatic heterocycles. The fourth-order valence-electron chi connectivity index (χ4n) is 2.12. The van der Waals surface area contributed by atoms with Gasteiger partial charge in [0, 0.05) is 0 Å². The van der Waals surface area contributed by atoms with Crippen molar-refractivity contribution in [2.75, 3.05) is 11.9 Å². The maximum Gasteiger partial charge on any atom is 0.228 e. The van der Waals surface area contributed by atoms with Crippen LogP contribution >= 0.6 is 0 Å². The Hall–Kier alpha value is -2.29. The van der Waals surface area contributed by atoms with Crippen LogP contribution in [0.25, 0.3) is 0 Å². The van der Waals surface area contributed by atoms with Gasteiger partial charge in [0.15, 0.2) is 0 Å². The molecule has 2 aromatic rings. The molecule has 3 heteroatoms. The van der Waals surface area contributed by atoms with E-state index in [0.29, 0.717) is 18.8 Å². The van der Waals surface area contributed by atoms with Crippen LogP contribution in [0.5, 0.6) is 5.75 Å². The predicted octanol–water partition coefficient (Wildman–Crippen LogP) is 3.83. The Bertz CT molecular complexity index is 590. The van der Waals surface area contributed by atoms with Gasteiger partial charge in [0.1, 0.15) is 5.75 Å². The van der Waals surface area contributed by atoms with Gasteiger partial charge in [0.2, 0.25) is 5.91 Å². The molecule has 0 aromatic heterocycles. The Balaban J connectivity index is 2.01. The predicted molar refractivity (Wildman–Crippen MR) is 85.8 cm³/mol.